The van der Waals surface area contributed by atoms with E-state index in [2.05, 4.69) is 5.32 Å². The van der Waals surface area contributed by atoms with E-state index in [1.165, 1.54) is 10.6 Å². The van der Waals surface area contributed by atoms with E-state index in [9.17, 15) is 9.90 Å². The highest BCUT2D eigenvalue weighted by Crippen LogP contribution is 2.25. The maximum Gasteiger partial charge on any atom is 0.267 e. The van der Waals surface area contributed by atoms with Gasteiger partial charge in [0.05, 0.1) is 11.1 Å². The first-order valence-electron chi connectivity index (χ1n) is 6.52. The Morgan fingerprint density at radius 3 is 2.57 bits per heavy atom. The molecule has 0 saturated heterocycles. The van der Waals surface area contributed by atoms with Crippen LogP contribution in [0, 0.1) is 0 Å². The zero-order chi connectivity index (χ0) is 15.4. The second-order valence-corrected chi connectivity index (χ2v) is 5.46. The Kier molecular flexibility index (Phi) is 5.28. The van der Waals surface area contributed by atoms with E-state index in [1.54, 1.807) is 7.05 Å². The third-order valence-electron chi connectivity index (χ3n) is 3.24. The van der Waals surface area contributed by atoms with Crippen molar-refractivity contribution < 1.29 is 9.90 Å². The summed E-state index contributed by atoms with van der Waals surface area (Å²) in [6.07, 6.45) is -0.172. The van der Waals surface area contributed by atoms with Gasteiger partial charge in [-0.2, -0.15) is 0 Å². The number of nitrogens with zero attached hydrogens (tertiary/aromatic N) is 1. The number of aliphatic hydroxyl groups is 1. The molecule has 0 aliphatic rings. The van der Waals surface area contributed by atoms with Crippen molar-refractivity contribution in [2.75, 3.05) is 6.54 Å². The first-order chi connectivity index (χ1) is 10.0. The molecule has 0 bridgehead atoms. The Labute approximate surface area is 133 Å². The van der Waals surface area contributed by atoms with E-state index in [0.717, 1.165) is 5.56 Å². The molecule has 6 heteroatoms. The monoisotopic (exact) mass is 326 g/mol. The number of amides is 1. The summed E-state index contributed by atoms with van der Waals surface area (Å²) < 4.78 is 1.52. The van der Waals surface area contributed by atoms with E-state index >= 15 is 0 Å². The maximum atomic E-state index is 12.0. The van der Waals surface area contributed by atoms with Crippen molar-refractivity contribution in [3.63, 3.8) is 0 Å². The average molecular weight is 327 g/mol. The highest BCUT2D eigenvalue weighted by atomic mass is 35.5. The molecule has 0 spiro atoms. The number of aromatic nitrogens is 1. The molecule has 1 aromatic heterocycles. The van der Waals surface area contributed by atoms with Crippen molar-refractivity contribution in [3.05, 3.63) is 57.8 Å². The zero-order valence-electron chi connectivity index (χ0n) is 11.5. The van der Waals surface area contributed by atoms with Crippen molar-refractivity contribution in [1.29, 1.82) is 0 Å². The van der Waals surface area contributed by atoms with Crippen LogP contribution >= 0.6 is 23.2 Å². The molecule has 112 valence electrons. The molecule has 1 aromatic carbocycles. The Hall–Kier alpha value is -1.49. The highest BCUT2D eigenvalue weighted by Gasteiger charge is 2.15. The molecule has 1 unspecified atom stereocenters. The molecule has 0 fully saturated rings. The summed E-state index contributed by atoms with van der Waals surface area (Å²) in [5.74, 6) is -0.272. The minimum absolute atomic E-state index is 0.272. The fourth-order valence-electron chi connectivity index (χ4n) is 2.02. The summed E-state index contributed by atoms with van der Waals surface area (Å²) >= 11 is 11.8. The van der Waals surface area contributed by atoms with E-state index in [4.69, 9.17) is 23.2 Å². The largest absolute Gasteiger partial charge is 0.388 e. The van der Waals surface area contributed by atoms with Crippen LogP contribution in [0.1, 0.15) is 28.6 Å². The van der Waals surface area contributed by atoms with Crippen LogP contribution < -0.4 is 5.32 Å². The van der Waals surface area contributed by atoms with Crippen molar-refractivity contribution >= 4 is 29.1 Å². The lowest BCUT2D eigenvalue weighted by atomic mass is 10.1. The minimum atomic E-state index is -0.605. The third kappa shape index (κ3) is 3.79. The lowest BCUT2D eigenvalue weighted by Crippen LogP contribution is -2.27. The van der Waals surface area contributed by atoms with Gasteiger partial charge in [0, 0.05) is 13.6 Å². The summed E-state index contributed by atoms with van der Waals surface area (Å²) in [5.41, 5.74) is 1.22. The minimum Gasteiger partial charge on any atom is -0.388 e. The van der Waals surface area contributed by atoms with Crippen LogP contribution in [-0.2, 0) is 7.05 Å². The van der Waals surface area contributed by atoms with Crippen molar-refractivity contribution in [1.82, 2.24) is 9.88 Å². The number of aliphatic hydroxyl groups excluding tert-OH is 1. The summed E-state index contributed by atoms with van der Waals surface area (Å²) in [6.45, 7) is 0.356. The second kappa shape index (κ2) is 6.98. The van der Waals surface area contributed by atoms with Crippen LogP contribution in [0.5, 0.6) is 0 Å². The average Bonchev–Trinajstić information content (AvgIpc) is 2.75. The van der Waals surface area contributed by atoms with Gasteiger partial charge in [0.2, 0.25) is 0 Å². The van der Waals surface area contributed by atoms with Gasteiger partial charge in [-0.15, -0.1) is 0 Å². The molecule has 2 rings (SSSR count). The van der Waals surface area contributed by atoms with Gasteiger partial charge < -0.3 is 15.0 Å². The van der Waals surface area contributed by atoms with E-state index in [0.29, 0.717) is 28.8 Å². The van der Waals surface area contributed by atoms with Gasteiger partial charge in [-0.25, -0.2) is 0 Å². The van der Waals surface area contributed by atoms with Crippen molar-refractivity contribution in [2.24, 2.45) is 7.05 Å². The number of rotatable bonds is 5. The molecule has 1 amide bonds. The smallest absolute Gasteiger partial charge is 0.267 e. The number of carbonyl (C=O) groups excluding carboxylic acids is 1. The number of nitrogens with one attached hydrogen (secondary N) is 1. The number of halogens is 2. The molecular formula is C15H16Cl2N2O2. The number of hydrogen-bond donors (Lipinski definition) is 2. The Balaban J connectivity index is 1.89. The van der Waals surface area contributed by atoms with Crippen molar-refractivity contribution in [2.45, 2.75) is 12.5 Å². The van der Waals surface area contributed by atoms with E-state index in [-0.39, 0.29) is 5.91 Å². The van der Waals surface area contributed by atoms with Crippen LogP contribution in [0.25, 0.3) is 0 Å². The lowest BCUT2D eigenvalue weighted by Gasteiger charge is -2.11. The fourth-order valence-corrected chi connectivity index (χ4v) is 2.39. The molecular weight excluding hydrogens is 311 g/mol. The quantitative estimate of drug-likeness (QED) is 0.886. The highest BCUT2D eigenvalue weighted by molar-refractivity contribution is 6.41. The van der Waals surface area contributed by atoms with Crippen LogP contribution in [0.4, 0.5) is 0 Å². The Morgan fingerprint density at radius 1 is 1.33 bits per heavy atom. The van der Waals surface area contributed by atoms with Gasteiger partial charge in [-0.3, -0.25) is 4.79 Å². The summed E-state index contributed by atoms with van der Waals surface area (Å²) in [7, 11) is 1.67. The van der Waals surface area contributed by atoms with E-state index in [1.807, 2.05) is 30.3 Å². The first-order valence-corrected chi connectivity index (χ1v) is 7.28. The predicted octanol–water partition coefficient (Wildman–Crippen LogP) is 3.19. The van der Waals surface area contributed by atoms with Crippen molar-refractivity contribution in [3.8, 4) is 0 Å². The molecule has 1 heterocycles. The van der Waals surface area contributed by atoms with Gasteiger partial charge in [0.25, 0.3) is 5.91 Å². The zero-order valence-corrected chi connectivity index (χ0v) is 13.0. The summed E-state index contributed by atoms with van der Waals surface area (Å²) in [4.78, 5) is 12.0. The maximum absolute atomic E-state index is 12.0. The predicted molar refractivity (Wildman–Crippen MR) is 83.8 cm³/mol. The topological polar surface area (TPSA) is 54.3 Å². The molecule has 0 saturated carbocycles. The summed E-state index contributed by atoms with van der Waals surface area (Å²) in [5, 5.41) is 13.4. The van der Waals surface area contributed by atoms with Crippen LogP contribution in [0.15, 0.2) is 36.4 Å². The first kappa shape index (κ1) is 15.9. The SMILES string of the molecule is Cn1c(C(=O)NCCC(O)c2ccccc2)cc(Cl)c1Cl. The number of hydrogen-bond acceptors (Lipinski definition) is 2. The van der Waals surface area contributed by atoms with Crippen LogP contribution in [-0.4, -0.2) is 22.1 Å². The molecule has 0 radical (unpaired) electrons. The van der Waals surface area contributed by atoms with Gasteiger partial charge in [-0.1, -0.05) is 53.5 Å². The fraction of sp³-hybridized carbons (Fsp3) is 0.267. The molecule has 21 heavy (non-hydrogen) atoms. The third-order valence-corrected chi connectivity index (χ3v) is 4.08. The second-order valence-electron chi connectivity index (χ2n) is 4.70. The lowest BCUT2D eigenvalue weighted by molar-refractivity contribution is 0.0934. The Bertz CT molecular complexity index is 626. The van der Waals surface area contributed by atoms with Crippen LogP contribution in [0.3, 0.4) is 0 Å². The molecule has 0 aliphatic heterocycles. The molecule has 1 atom stereocenters. The normalized spacial score (nSPS) is 12.2. The van der Waals surface area contributed by atoms with E-state index < -0.39 is 6.10 Å². The molecule has 2 N–H and O–H groups in total. The molecule has 0 aliphatic carbocycles. The standard InChI is InChI=1S/C15H16Cl2N2O2/c1-19-12(9-11(16)14(19)17)15(21)18-8-7-13(20)10-5-3-2-4-6-10/h2-6,9,13,20H,7-8H2,1H3,(H,18,21). The van der Waals surface area contributed by atoms with Gasteiger partial charge in [0.15, 0.2) is 0 Å². The Morgan fingerprint density at radius 2 is 2.00 bits per heavy atom. The van der Waals surface area contributed by atoms with Crippen LogP contribution in [0.2, 0.25) is 10.2 Å². The number of benzene rings is 1. The van der Waals surface area contributed by atoms with Gasteiger partial charge in [-0.05, 0) is 18.1 Å². The molecule has 2 aromatic rings. The van der Waals surface area contributed by atoms with Gasteiger partial charge >= 0.3 is 0 Å². The number of carbonyl (C=O) groups is 1. The summed E-state index contributed by atoms with van der Waals surface area (Å²) in [6, 6.07) is 10.8. The van der Waals surface area contributed by atoms with Gasteiger partial charge in [0.1, 0.15) is 10.8 Å². The molecule has 4 nitrogen and oxygen atoms in total.